The first-order valence-electron chi connectivity index (χ1n) is 7.98. The number of amides is 2. The van der Waals surface area contributed by atoms with Gasteiger partial charge in [-0.2, -0.15) is 5.10 Å². The predicted molar refractivity (Wildman–Crippen MR) is 93.8 cm³/mol. The predicted octanol–water partition coefficient (Wildman–Crippen LogP) is 1.96. The molecule has 1 aliphatic heterocycles. The van der Waals surface area contributed by atoms with Gasteiger partial charge in [0.15, 0.2) is 0 Å². The highest BCUT2D eigenvalue weighted by Gasteiger charge is 2.18. The Morgan fingerprint density at radius 2 is 2.08 bits per heavy atom. The van der Waals surface area contributed by atoms with Crippen molar-refractivity contribution in [2.24, 2.45) is 0 Å². The normalized spacial score (nSPS) is 14.4. The second-order valence-corrected chi connectivity index (χ2v) is 6.27. The van der Waals surface area contributed by atoms with Crippen molar-refractivity contribution >= 4 is 29.1 Å². The van der Waals surface area contributed by atoms with E-state index >= 15 is 0 Å². The molecule has 132 valence electrons. The van der Waals surface area contributed by atoms with E-state index in [0.29, 0.717) is 42.6 Å². The molecule has 0 atom stereocenters. The number of nitrogens with zero attached hydrogens (tertiary/aromatic N) is 3. The van der Waals surface area contributed by atoms with Crippen LogP contribution < -0.4 is 5.32 Å². The lowest BCUT2D eigenvalue weighted by atomic mass is 10.1. The van der Waals surface area contributed by atoms with E-state index in [4.69, 9.17) is 16.3 Å². The van der Waals surface area contributed by atoms with Gasteiger partial charge >= 0.3 is 0 Å². The zero-order valence-corrected chi connectivity index (χ0v) is 14.6. The minimum Gasteiger partial charge on any atom is -0.378 e. The number of nitrogens with one attached hydrogen (secondary N) is 1. The van der Waals surface area contributed by atoms with Gasteiger partial charge in [0.05, 0.1) is 25.1 Å². The highest BCUT2D eigenvalue weighted by molar-refractivity contribution is 6.30. The molecule has 1 aliphatic rings. The summed E-state index contributed by atoms with van der Waals surface area (Å²) in [4.78, 5) is 26.3. The van der Waals surface area contributed by atoms with Gasteiger partial charge in [-0.05, 0) is 30.7 Å². The monoisotopic (exact) mass is 362 g/mol. The molecule has 2 amide bonds. The van der Waals surface area contributed by atoms with E-state index in [9.17, 15) is 9.59 Å². The van der Waals surface area contributed by atoms with Gasteiger partial charge in [0.25, 0.3) is 5.91 Å². The SMILES string of the molecule is Cc1cc(Cl)ccc1C(=O)Nc1cnn(CC(=O)N2CCOCC2)c1. The van der Waals surface area contributed by atoms with Gasteiger partial charge < -0.3 is 15.0 Å². The smallest absolute Gasteiger partial charge is 0.256 e. The van der Waals surface area contributed by atoms with Crippen molar-refractivity contribution in [1.29, 1.82) is 0 Å². The zero-order chi connectivity index (χ0) is 17.8. The first-order valence-corrected chi connectivity index (χ1v) is 8.36. The van der Waals surface area contributed by atoms with Crippen molar-refractivity contribution in [3.8, 4) is 0 Å². The van der Waals surface area contributed by atoms with Crippen LogP contribution in [-0.4, -0.2) is 52.8 Å². The van der Waals surface area contributed by atoms with Crippen molar-refractivity contribution < 1.29 is 14.3 Å². The molecule has 25 heavy (non-hydrogen) atoms. The number of rotatable bonds is 4. The third-order valence-corrected chi connectivity index (χ3v) is 4.22. The molecule has 0 unspecified atom stereocenters. The third-order valence-electron chi connectivity index (χ3n) is 3.99. The Kier molecular flexibility index (Phi) is 5.35. The van der Waals surface area contributed by atoms with Crippen LogP contribution in [0.3, 0.4) is 0 Å². The Balaban J connectivity index is 1.61. The van der Waals surface area contributed by atoms with E-state index in [0.717, 1.165) is 5.56 Å². The highest BCUT2D eigenvalue weighted by Crippen LogP contribution is 2.17. The Hall–Kier alpha value is -2.38. The molecule has 0 saturated carbocycles. The summed E-state index contributed by atoms with van der Waals surface area (Å²) in [5, 5.41) is 7.50. The number of morpholine rings is 1. The Bertz CT molecular complexity index is 784. The summed E-state index contributed by atoms with van der Waals surface area (Å²) >= 11 is 5.91. The number of hydrogen-bond acceptors (Lipinski definition) is 4. The maximum atomic E-state index is 12.3. The van der Waals surface area contributed by atoms with Gasteiger partial charge in [-0.3, -0.25) is 14.3 Å². The summed E-state index contributed by atoms with van der Waals surface area (Å²) < 4.78 is 6.75. The van der Waals surface area contributed by atoms with Crippen LogP contribution in [0.5, 0.6) is 0 Å². The molecule has 2 heterocycles. The van der Waals surface area contributed by atoms with E-state index in [1.54, 1.807) is 29.3 Å². The molecule has 1 N–H and O–H groups in total. The van der Waals surface area contributed by atoms with E-state index in [-0.39, 0.29) is 18.4 Å². The van der Waals surface area contributed by atoms with Crippen molar-refractivity contribution in [3.63, 3.8) is 0 Å². The van der Waals surface area contributed by atoms with Gasteiger partial charge in [-0.1, -0.05) is 11.6 Å². The van der Waals surface area contributed by atoms with Gasteiger partial charge in [0.1, 0.15) is 6.54 Å². The van der Waals surface area contributed by atoms with Gasteiger partial charge in [-0.25, -0.2) is 0 Å². The molecular weight excluding hydrogens is 344 g/mol. The molecule has 3 rings (SSSR count). The quantitative estimate of drug-likeness (QED) is 0.902. The van der Waals surface area contributed by atoms with Crippen molar-refractivity contribution in [2.75, 3.05) is 31.6 Å². The van der Waals surface area contributed by atoms with Crippen LogP contribution in [0.1, 0.15) is 15.9 Å². The second kappa shape index (κ2) is 7.67. The fourth-order valence-electron chi connectivity index (χ4n) is 2.65. The van der Waals surface area contributed by atoms with Crippen LogP contribution in [0, 0.1) is 6.92 Å². The number of hydrogen-bond donors (Lipinski definition) is 1. The zero-order valence-electron chi connectivity index (χ0n) is 13.9. The van der Waals surface area contributed by atoms with Crippen LogP contribution in [0.15, 0.2) is 30.6 Å². The molecule has 1 fully saturated rings. The van der Waals surface area contributed by atoms with E-state index in [1.165, 1.54) is 10.9 Å². The second-order valence-electron chi connectivity index (χ2n) is 5.83. The summed E-state index contributed by atoms with van der Waals surface area (Å²) in [6.07, 6.45) is 3.16. The topological polar surface area (TPSA) is 76.5 Å². The van der Waals surface area contributed by atoms with Crippen LogP contribution in [-0.2, 0) is 16.1 Å². The summed E-state index contributed by atoms with van der Waals surface area (Å²) in [6, 6.07) is 5.09. The molecular formula is C17H19ClN4O3. The number of ether oxygens (including phenoxy) is 1. The molecule has 0 aliphatic carbocycles. The fraction of sp³-hybridized carbons (Fsp3) is 0.353. The lowest BCUT2D eigenvalue weighted by Gasteiger charge is -2.26. The van der Waals surface area contributed by atoms with Crippen LogP contribution in [0.4, 0.5) is 5.69 Å². The summed E-state index contributed by atoms with van der Waals surface area (Å²) in [5.74, 6) is -0.258. The average Bonchev–Trinajstić information content (AvgIpc) is 3.02. The molecule has 1 saturated heterocycles. The first-order chi connectivity index (χ1) is 12.0. The molecule has 0 radical (unpaired) electrons. The molecule has 0 spiro atoms. The maximum absolute atomic E-state index is 12.3. The van der Waals surface area contributed by atoms with Crippen LogP contribution >= 0.6 is 11.6 Å². The standard InChI is InChI=1S/C17H19ClN4O3/c1-12-8-13(18)2-3-15(12)17(24)20-14-9-19-22(10-14)11-16(23)21-4-6-25-7-5-21/h2-3,8-10H,4-7,11H2,1H3,(H,20,24). The number of aromatic nitrogens is 2. The summed E-state index contributed by atoms with van der Waals surface area (Å²) in [5.41, 5.74) is 1.87. The fourth-order valence-corrected chi connectivity index (χ4v) is 2.87. The van der Waals surface area contributed by atoms with Crippen LogP contribution in [0.2, 0.25) is 5.02 Å². The average molecular weight is 363 g/mol. The summed E-state index contributed by atoms with van der Waals surface area (Å²) in [7, 11) is 0. The number of carbonyl (C=O) groups excluding carboxylic acids is 2. The van der Waals surface area contributed by atoms with Crippen molar-refractivity contribution in [3.05, 3.63) is 46.7 Å². The number of aryl methyl sites for hydroxylation is 1. The molecule has 2 aromatic rings. The molecule has 1 aromatic heterocycles. The first kappa shape index (κ1) is 17.4. The maximum Gasteiger partial charge on any atom is 0.256 e. The van der Waals surface area contributed by atoms with E-state index in [1.807, 2.05) is 6.92 Å². The lowest BCUT2D eigenvalue weighted by Crippen LogP contribution is -2.42. The van der Waals surface area contributed by atoms with Crippen molar-refractivity contribution in [2.45, 2.75) is 13.5 Å². The van der Waals surface area contributed by atoms with Crippen molar-refractivity contribution in [1.82, 2.24) is 14.7 Å². The molecule has 1 aromatic carbocycles. The van der Waals surface area contributed by atoms with Gasteiger partial charge in [0, 0.05) is 29.9 Å². The Morgan fingerprint density at radius 1 is 1.32 bits per heavy atom. The minimum atomic E-state index is -0.242. The Morgan fingerprint density at radius 3 is 2.80 bits per heavy atom. The number of benzene rings is 1. The molecule has 7 nitrogen and oxygen atoms in total. The molecule has 8 heteroatoms. The minimum absolute atomic E-state index is 0.0159. The molecule has 0 bridgehead atoms. The third kappa shape index (κ3) is 4.37. The number of halogens is 1. The van der Waals surface area contributed by atoms with E-state index in [2.05, 4.69) is 10.4 Å². The number of carbonyl (C=O) groups is 2. The van der Waals surface area contributed by atoms with Gasteiger partial charge in [0.2, 0.25) is 5.91 Å². The summed E-state index contributed by atoms with van der Waals surface area (Å²) in [6.45, 7) is 4.28. The largest absolute Gasteiger partial charge is 0.378 e. The van der Waals surface area contributed by atoms with Crippen LogP contribution in [0.25, 0.3) is 0 Å². The van der Waals surface area contributed by atoms with Gasteiger partial charge in [-0.15, -0.1) is 0 Å². The van der Waals surface area contributed by atoms with E-state index < -0.39 is 0 Å². The number of anilines is 1. The lowest BCUT2D eigenvalue weighted by molar-refractivity contribution is -0.136. The Labute approximate surface area is 150 Å². The highest BCUT2D eigenvalue weighted by atomic mass is 35.5.